The summed E-state index contributed by atoms with van der Waals surface area (Å²) in [5.41, 5.74) is 2.11. The Kier molecular flexibility index (Phi) is 6.46. The van der Waals surface area contributed by atoms with Gasteiger partial charge in [-0.05, 0) is 61.5 Å². The van der Waals surface area contributed by atoms with E-state index in [0.717, 1.165) is 5.56 Å². The smallest absolute Gasteiger partial charge is 0.262 e. The Hall–Kier alpha value is -3.38. The fraction of sp³-hybridized carbons (Fsp3) is 0.0909. The highest BCUT2D eigenvalue weighted by Gasteiger charge is 2.12. The summed E-state index contributed by atoms with van der Waals surface area (Å²) in [5.74, 6) is -0.653. The molecule has 0 unspecified atom stereocenters. The topological polar surface area (TPSA) is 67.4 Å². The summed E-state index contributed by atoms with van der Waals surface area (Å²) < 4.78 is 18.4. The Morgan fingerprint density at radius 3 is 2.34 bits per heavy atom. The molecule has 0 saturated heterocycles. The van der Waals surface area contributed by atoms with Gasteiger partial charge >= 0.3 is 0 Å². The molecule has 29 heavy (non-hydrogen) atoms. The average Bonchev–Trinajstić information content (AvgIpc) is 2.71. The van der Waals surface area contributed by atoms with Crippen LogP contribution in [0.1, 0.15) is 15.9 Å². The lowest BCUT2D eigenvalue weighted by molar-refractivity contribution is -0.118. The Morgan fingerprint density at radius 2 is 1.66 bits per heavy atom. The van der Waals surface area contributed by atoms with Gasteiger partial charge in [-0.1, -0.05) is 29.3 Å². The van der Waals surface area contributed by atoms with Gasteiger partial charge in [0.05, 0.1) is 10.7 Å². The second-order valence-electron chi connectivity index (χ2n) is 6.31. The Bertz CT molecular complexity index is 1020. The van der Waals surface area contributed by atoms with Crippen LogP contribution in [-0.4, -0.2) is 18.4 Å². The summed E-state index contributed by atoms with van der Waals surface area (Å²) in [5, 5.41) is 5.57. The van der Waals surface area contributed by atoms with Crippen LogP contribution in [0.25, 0.3) is 0 Å². The second-order valence-corrected chi connectivity index (χ2v) is 6.71. The summed E-state index contributed by atoms with van der Waals surface area (Å²) in [6.45, 7) is 1.75. The summed E-state index contributed by atoms with van der Waals surface area (Å²) in [7, 11) is 0. The molecule has 2 N–H and O–H groups in total. The Labute approximate surface area is 172 Å². The maximum atomic E-state index is 13.0. The first-order valence-corrected chi connectivity index (χ1v) is 9.14. The van der Waals surface area contributed by atoms with E-state index < -0.39 is 17.6 Å². The molecule has 5 nitrogen and oxygen atoms in total. The maximum Gasteiger partial charge on any atom is 0.262 e. The van der Waals surface area contributed by atoms with Crippen LogP contribution in [0.4, 0.5) is 15.8 Å². The first-order valence-electron chi connectivity index (χ1n) is 8.76. The molecule has 0 radical (unpaired) electrons. The fourth-order valence-corrected chi connectivity index (χ4v) is 2.63. The van der Waals surface area contributed by atoms with Gasteiger partial charge in [-0.3, -0.25) is 9.59 Å². The molecule has 0 atom stereocenters. The monoisotopic (exact) mass is 412 g/mol. The summed E-state index contributed by atoms with van der Waals surface area (Å²) in [6, 6.07) is 17.2. The molecule has 0 aliphatic rings. The van der Waals surface area contributed by atoms with Gasteiger partial charge in [-0.2, -0.15) is 0 Å². The van der Waals surface area contributed by atoms with Gasteiger partial charge in [-0.25, -0.2) is 4.39 Å². The number of ether oxygens (including phenoxy) is 1. The van der Waals surface area contributed by atoms with E-state index in [1.165, 1.54) is 42.5 Å². The Balaban J connectivity index is 1.63. The lowest BCUT2D eigenvalue weighted by Crippen LogP contribution is -2.21. The van der Waals surface area contributed by atoms with Crippen LogP contribution in [0.15, 0.2) is 66.7 Å². The highest BCUT2D eigenvalue weighted by Crippen LogP contribution is 2.24. The normalized spacial score (nSPS) is 10.3. The molecule has 7 heteroatoms. The number of halogens is 2. The van der Waals surface area contributed by atoms with Crippen molar-refractivity contribution in [2.75, 3.05) is 17.2 Å². The zero-order chi connectivity index (χ0) is 20.8. The van der Waals surface area contributed by atoms with Crippen LogP contribution in [0.3, 0.4) is 0 Å². The molecule has 3 rings (SSSR count). The predicted molar refractivity (Wildman–Crippen MR) is 111 cm³/mol. The van der Waals surface area contributed by atoms with Gasteiger partial charge in [0.25, 0.3) is 11.8 Å². The van der Waals surface area contributed by atoms with Crippen LogP contribution in [-0.2, 0) is 4.79 Å². The van der Waals surface area contributed by atoms with E-state index in [0.29, 0.717) is 11.4 Å². The number of hydrogen-bond acceptors (Lipinski definition) is 3. The SMILES string of the molecule is Cc1ccc(OCC(=O)Nc2cc(C(=O)Nc3ccc(F)cc3)ccc2Cl)cc1. The van der Waals surface area contributed by atoms with Crippen LogP contribution in [0.5, 0.6) is 5.75 Å². The van der Waals surface area contributed by atoms with Crippen LogP contribution < -0.4 is 15.4 Å². The predicted octanol–water partition coefficient (Wildman–Crippen LogP) is 5.06. The third-order valence-corrected chi connectivity index (χ3v) is 4.33. The molecule has 0 bridgehead atoms. The molecular formula is C22H18ClFN2O3. The molecule has 0 aliphatic heterocycles. The molecule has 0 saturated carbocycles. The third-order valence-electron chi connectivity index (χ3n) is 4.00. The first kappa shape index (κ1) is 20.4. The zero-order valence-corrected chi connectivity index (χ0v) is 16.3. The third kappa shape index (κ3) is 5.80. The molecule has 0 heterocycles. The number of anilines is 2. The number of carbonyl (C=O) groups excluding carboxylic acids is 2. The number of amides is 2. The van der Waals surface area contributed by atoms with Crippen molar-refractivity contribution < 1.29 is 18.7 Å². The van der Waals surface area contributed by atoms with Crippen molar-refractivity contribution in [3.8, 4) is 5.75 Å². The van der Waals surface area contributed by atoms with Crippen molar-refractivity contribution in [1.29, 1.82) is 0 Å². The van der Waals surface area contributed by atoms with Gasteiger partial charge in [-0.15, -0.1) is 0 Å². The minimum Gasteiger partial charge on any atom is -0.484 e. The second kappa shape index (κ2) is 9.21. The van der Waals surface area contributed by atoms with Crippen LogP contribution >= 0.6 is 11.6 Å². The van der Waals surface area contributed by atoms with E-state index in [2.05, 4.69) is 10.6 Å². The number of carbonyl (C=O) groups is 2. The van der Waals surface area contributed by atoms with Gasteiger partial charge < -0.3 is 15.4 Å². The van der Waals surface area contributed by atoms with E-state index >= 15 is 0 Å². The number of aryl methyl sites for hydroxylation is 1. The van der Waals surface area contributed by atoms with Crippen LogP contribution in [0.2, 0.25) is 5.02 Å². The molecule has 3 aromatic carbocycles. The average molecular weight is 413 g/mol. The highest BCUT2D eigenvalue weighted by molar-refractivity contribution is 6.34. The number of hydrogen-bond donors (Lipinski definition) is 2. The molecule has 3 aromatic rings. The zero-order valence-electron chi connectivity index (χ0n) is 15.5. The van der Waals surface area contributed by atoms with Crippen molar-refractivity contribution >= 4 is 34.8 Å². The highest BCUT2D eigenvalue weighted by atomic mass is 35.5. The molecule has 0 spiro atoms. The molecule has 148 valence electrons. The standard InChI is InChI=1S/C22H18ClFN2O3/c1-14-2-9-18(10-3-14)29-13-21(27)26-20-12-15(4-11-19(20)23)22(28)25-17-7-5-16(24)6-8-17/h2-12H,13H2,1H3,(H,25,28)(H,26,27). The van der Waals surface area contributed by atoms with Gasteiger partial charge in [0.15, 0.2) is 6.61 Å². The lowest BCUT2D eigenvalue weighted by atomic mass is 10.1. The molecule has 0 aromatic heterocycles. The van der Waals surface area contributed by atoms with E-state index in [1.54, 1.807) is 12.1 Å². The van der Waals surface area contributed by atoms with Crippen molar-refractivity contribution in [1.82, 2.24) is 0 Å². The van der Waals surface area contributed by atoms with E-state index in [9.17, 15) is 14.0 Å². The van der Waals surface area contributed by atoms with Gasteiger partial charge in [0.2, 0.25) is 0 Å². The van der Waals surface area contributed by atoms with E-state index in [-0.39, 0.29) is 22.9 Å². The minimum atomic E-state index is -0.417. The largest absolute Gasteiger partial charge is 0.484 e. The number of rotatable bonds is 6. The van der Waals surface area contributed by atoms with Crippen molar-refractivity contribution in [3.05, 3.63) is 88.7 Å². The van der Waals surface area contributed by atoms with Gasteiger partial charge in [0, 0.05) is 11.3 Å². The van der Waals surface area contributed by atoms with Crippen molar-refractivity contribution in [3.63, 3.8) is 0 Å². The minimum absolute atomic E-state index is 0.203. The number of benzene rings is 3. The summed E-state index contributed by atoms with van der Waals surface area (Å²) in [4.78, 5) is 24.6. The van der Waals surface area contributed by atoms with E-state index in [4.69, 9.17) is 16.3 Å². The van der Waals surface area contributed by atoms with Crippen molar-refractivity contribution in [2.24, 2.45) is 0 Å². The van der Waals surface area contributed by atoms with Gasteiger partial charge in [0.1, 0.15) is 11.6 Å². The maximum absolute atomic E-state index is 13.0. The summed E-state index contributed by atoms with van der Waals surface area (Å²) in [6.07, 6.45) is 0. The molecule has 0 fully saturated rings. The fourth-order valence-electron chi connectivity index (χ4n) is 2.47. The molecule has 2 amide bonds. The quantitative estimate of drug-likeness (QED) is 0.594. The number of nitrogens with one attached hydrogen (secondary N) is 2. The molecular weight excluding hydrogens is 395 g/mol. The van der Waals surface area contributed by atoms with Crippen molar-refractivity contribution in [2.45, 2.75) is 6.92 Å². The first-order chi connectivity index (χ1) is 13.9. The van der Waals surface area contributed by atoms with E-state index in [1.807, 2.05) is 19.1 Å². The lowest BCUT2D eigenvalue weighted by Gasteiger charge is -2.11. The summed E-state index contributed by atoms with van der Waals surface area (Å²) >= 11 is 6.13. The van der Waals surface area contributed by atoms with Crippen LogP contribution in [0, 0.1) is 12.7 Å². The molecule has 0 aliphatic carbocycles. The Morgan fingerprint density at radius 1 is 0.966 bits per heavy atom.